The largest absolute Gasteiger partial charge is 0.462 e. The normalized spacial score (nSPS) is 11.4. The second kappa shape index (κ2) is 7.01. The van der Waals surface area contributed by atoms with E-state index in [9.17, 15) is 27.2 Å². The van der Waals surface area contributed by atoms with Gasteiger partial charge in [0.1, 0.15) is 11.4 Å². The Morgan fingerprint density at radius 3 is 2.24 bits per heavy atom. The van der Waals surface area contributed by atoms with Gasteiger partial charge in [-0.3, -0.25) is 4.79 Å². The lowest BCUT2D eigenvalue weighted by Gasteiger charge is -2.09. The fourth-order valence-corrected chi connectivity index (χ4v) is 1.59. The number of carbonyl (C=O) groups excluding carboxylic acids is 2. The Morgan fingerprint density at radius 2 is 1.71 bits per heavy atom. The summed E-state index contributed by atoms with van der Waals surface area (Å²) in [6.07, 6.45) is 1.30. The molecule has 0 unspecified atom stereocenters. The first-order valence-corrected chi connectivity index (χ1v) is 6.10. The molecule has 1 aromatic carbocycles. The van der Waals surface area contributed by atoms with Crippen LogP contribution in [-0.4, -0.2) is 18.4 Å². The summed E-state index contributed by atoms with van der Waals surface area (Å²) in [5.41, 5.74) is -1.97. The minimum atomic E-state index is -1.99. The molecule has 21 heavy (non-hydrogen) atoms. The van der Waals surface area contributed by atoms with Crippen LogP contribution in [0.4, 0.5) is 17.6 Å². The molecule has 0 atom stereocenters. The summed E-state index contributed by atoms with van der Waals surface area (Å²) >= 11 is 0. The first-order chi connectivity index (χ1) is 9.84. The van der Waals surface area contributed by atoms with Crippen LogP contribution in [0.3, 0.4) is 0 Å². The summed E-state index contributed by atoms with van der Waals surface area (Å²) in [6, 6.07) is 0.0420. The molecular weight excluding hydrogens is 292 g/mol. The standard InChI is InChI=1S/C14H12F4O3/c1-3-5-7(14(20)21-4-2)13(19)10-8(15)6-9(16)11(17)12(10)18/h5-6H,3-4H2,1-2H3. The third-order valence-electron chi connectivity index (χ3n) is 2.49. The van der Waals surface area contributed by atoms with Crippen LogP contribution in [0.25, 0.3) is 0 Å². The first kappa shape index (κ1) is 16.9. The molecule has 0 heterocycles. The van der Waals surface area contributed by atoms with Crippen molar-refractivity contribution in [1.29, 1.82) is 0 Å². The number of ketones is 1. The molecule has 0 amide bonds. The number of benzene rings is 1. The molecule has 0 saturated heterocycles. The lowest BCUT2D eigenvalue weighted by molar-refractivity contribution is -0.138. The zero-order valence-corrected chi connectivity index (χ0v) is 11.3. The van der Waals surface area contributed by atoms with E-state index in [1.807, 2.05) is 0 Å². The molecule has 3 nitrogen and oxygen atoms in total. The maximum atomic E-state index is 13.6. The van der Waals surface area contributed by atoms with Crippen molar-refractivity contribution in [2.75, 3.05) is 6.61 Å². The van der Waals surface area contributed by atoms with E-state index in [1.54, 1.807) is 6.92 Å². The molecule has 0 N–H and O–H groups in total. The van der Waals surface area contributed by atoms with Crippen molar-refractivity contribution in [2.24, 2.45) is 0 Å². The maximum Gasteiger partial charge on any atom is 0.341 e. The number of hydrogen-bond donors (Lipinski definition) is 0. The van der Waals surface area contributed by atoms with E-state index >= 15 is 0 Å². The Hall–Kier alpha value is -2.18. The number of hydrogen-bond acceptors (Lipinski definition) is 3. The molecule has 0 fully saturated rings. The molecule has 0 aliphatic heterocycles. The van der Waals surface area contributed by atoms with E-state index in [1.165, 1.54) is 6.92 Å². The molecule has 1 aromatic rings. The maximum absolute atomic E-state index is 13.6. The minimum Gasteiger partial charge on any atom is -0.462 e. The van der Waals surface area contributed by atoms with Gasteiger partial charge in [0.15, 0.2) is 17.5 Å². The van der Waals surface area contributed by atoms with Crippen LogP contribution in [0.2, 0.25) is 0 Å². The van der Waals surface area contributed by atoms with Crippen molar-refractivity contribution in [2.45, 2.75) is 20.3 Å². The predicted molar refractivity (Wildman–Crippen MR) is 65.6 cm³/mol. The van der Waals surface area contributed by atoms with Gasteiger partial charge in [-0.05, 0) is 13.3 Å². The van der Waals surface area contributed by atoms with Gasteiger partial charge in [-0.2, -0.15) is 0 Å². The fraction of sp³-hybridized carbons (Fsp3) is 0.286. The summed E-state index contributed by atoms with van der Waals surface area (Å²) < 4.78 is 57.7. The van der Waals surface area contributed by atoms with Crippen molar-refractivity contribution in [3.63, 3.8) is 0 Å². The molecule has 114 valence electrons. The molecule has 0 spiro atoms. The van der Waals surface area contributed by atoms with Crippen LogP contribution < -0.4 is 0 Å². The Kier molecular flexibility index (Phi) is 5.63. The van der Waals surface area contributed by atoms with Crippen molar-refractivity contribution < 1.29 is 31.9 Å². The molecule has 0 aliphatic carbocycles. The number of halogens is 4. The summed E-state index contributed by atoms with van der Waals surface area (Å²) in [5, 5.41) is 0. The van der Waals surface area contributed by atoms with Gasteiger partial charge in [0.05, 0.1) is 12.2 Å². The molecule has 1 rings (SSSR count). The van der Waals surface area contributed by atoms with Crippen LogP contribution in [0, 0.1) is 23.3 Å². The Balaban J connectivity index is 3.38. The molecule has 0 aliphatic rings. The smallest absolute Gasteiger partial charge is 0.341 e. The highest BCUT2D eigenvalue weighted by atomic mass is 19.2. The Labute approximate surface area is 118 Å². The highest BCUT2D eigenvalue weighted by Gasteiger charge is 2.29. The molecule has 0 bridgehead atoms. The fourth-order valence-electron chi connectivity index (χ4n) is 1.59. The number of ether oxygens (including phenoxy) is 1. The average Bonchev–Trinajstić information content (AvgIpc) is 2.42. The third kappa shape index (κ3) is 3.48. The number of esters is 1. The summed E-state index contributed by atoms with van der Waals surface area (Å²) in [6.45, 7) is 2.99. The van der Waals surface area contributed by atoms with Gasteiger partial charge in [0, 0.05) is 6.07 Å². The van der Waals surface area contributed by atoms with E-state index in [0.717, 1.165) is 6.08 Å². The Bertz CT molecular complexity index is 609. The highest BCUT2D eigenvalue weighted by molar-refractivity contribution is 6.24. The van der Waals surface area contributed by atoms with Crippen molar-refractivity contribution in [3.8, 4) is 0 Å². The predicted octanol–water partition coefficient (Wildman–Crippen LogP) is 3.33. The zero-order chi connectivity index (χ0) is 16.2. The lowest BCUT2D eigenvalue weighted by atomic mass is 10.0. The van der Waals surface area contributed by atoms with Crippen LogP contribution in [0.5, 0.6) is 0 Å². The second-order valence-electron chi connectivity index (χ2n) is 3.92. The monoisotopic (exact) mass is 304 g/mol. The highest BCUT2D eigenvalue weighted by Crippen LogP contribution is 2.22. The summed E-state index contributed by atoms with van der Waals surface area (Å²) in [4.78, 5) is 23.6. The molecular formula is C14H12F4O3. The second-order valence-corrected chi connectivity index (χ2v) is 3.92. The van der Waals surface area contributed by atoms with Crippen molar-refractivity contribution in [1.82, 2.24) is 0 Å². The van der Waals surface area contributed by atoms with Gasteiger partial charge in [-0.25, -0.2) is 22.4 Å². The van der Waals surface area contributed by atoms with Crippen LogP contribution >= 0.6 is 0 Å². The molecule has 0 aromatic heterocycles. The van der Waals surface area contributed by atoms with Crippen LogP contribution in [0.15, 0.2) is 17.7 Å². The molecule has 7 heteroatoms. The van der Waals surface area contributed by atoms with Gasteiger partial charge in [0.25, 0.3) is 0 Å². The van der Waals surface area contributed by atoms with Gasteiger partial charge >= 0.3 is 5.97 Å². The first-order valence-electron chi connectivity index (χ1n) is 6.10. The van der Waals surface area contributed by atoms with Gasteiger partial charge in [-0.1, -0.05) is 13.0 Å². The van der Waals surface area contributed by atoms with Gasteiger partial charge in [-0.15, -0.1) is 0 Å². The third-order valence-corrected chi connectivity index (χ3v) is 2.49. The summed E-state index contributed by atoms with van der Waals surface area (Å²) in [7, 11) is 0. The van der Waals surface area contributed by atoms with Gasteiger partial charge < -0.3 is 4.74 Å². The van der Waals surface area contributed by atoms with E-state index in [0.29, 0.717) is 0 Å². The average molecular weight is 304 g/mol. The van der Waals surface area contributed by atoms with E-state index < -0.39 is 46.2 Å². The van der Waals surface area contributed by atoms with Crippen molar-refractivity contribution in [3.05, 3.63) is 46.5 Å². The molecule has 0 radical (unpaired) electrons. The van der Waals surface area contributed by atoms with E-state index in [-0.39, 0.29) is 19.1 Å². The van der Waals surface area contributed by atoms with Crippen LogP contribution in [-0.2, 0) is 9.53 Å². The summed E-state index contributed by atoms with van der Waals surface area (Å²) in [5.74, 6) is -9.82. The SMILES string of the molecule is CCC=C(C(=O)OCC)C(=O)c1c(F)cc(F)c(F)c1F. The Morgan fingerprint density at radius 1 is 1.10 bits per heavy atom. The zero-order valence-electron chi connectivity index (χ0n) is 11.3. The number of allylic oxidation sites excluding steroid dienone is 1. The van der Waals surface area contributed by atoms with E-state index in [2.05, 4.69) is 4.74 Å². The van der Waals surface area contributed by atoms with Crippen molar-refractivity contribution >= 4 is 11.8 Å². The minimum absolute atomic E-state index is 0.0420. The number of rotatable bonds is 5. The quantitative estimate of drug-likeness (QED) is 0.122. The van der Waals surface area contributed by atoms with E-state index in [4.69, 9.17) is 0 Å². The topological polar surface area (TPSA) is 43.4 Å². The van der Waals surface area contributed by atoms with Gasteiger partial charge in [0.2, 0.25) is 5.78 Å². The lowest BCUT2D eigenvalue weighted by Crippen LogP contribution is -2.19. The van der Waals surface area contributed by atoms with Crippen LogP contribution in [0.1, 0.15) is 30.6 Å². The number of carbonyl (C=O) groups is 2. The molecule has 0 saturated carbocycles. The number of Topliss-reactive ketones (excluding diaryl/α,β-unsaturated/α-hetero) is 1.